The first kappa shape index (κ1) is 28.8. The summed E-state index contributed by atoms with van der Waals surface area (Å²) in [4.78, 5) is 0. The fraction of sp³-hybridized carbons (Fsp3) is 1.00. The largest absolute Gasteiger partial charge is 0.379 e. The van der Waals surface area contributed by atoms with Crippen molar-refractivity contribution in [3.8, 4) is 0 Å². The standard InChI is InChI=1S/C22H46O6S/c1-3-5-7-9-10-12-14-22(13-11-8-6-4-2)21-28-18-17-26-15-16-27-19-20-29(23,24)25/h22H,3-21H2,1-2H3,(H,23,24,25). The molecule has 6 nitrogen and oxygen atoms in total. The Labute approximate surface area is 179 Å². The number of hydrogen-bond donors (Lipinski definition) is 1. The van der Waals surface area contributed by atoms with Gasteiger partial charge in [-0.3, -0.25) is 4.55 Å². The van der Waals surface area contributed by atoms with Gasteiger partial charge < -0.3 is 14.2 Å². The molecule has 1 atom stereocenters. The number of unbranched alkanes of at least 4 members (excludes halogenated alkanes) is 8. The monoisotopic (exact) mass is 438 g/mol. The molecule has 0 rings (SSSR count). The molecule has 0 amide bonds. The smallest absolute Gasteiger partial charge is 0.267 e. The lowest BCUT2D eigenvalue weighted by Gasteiger charge is -2.17. The predicted molar refractivity (Wildman–Crippen MR) is 119 cm³/mol. The van der Waals surface area contributed by atoms with Gasteiger partial charge in [-0.05, 0) is 18.8 Å². The number of ether oxygens (including phenoxy) is 3. The van der Waals surface area contributed by atoms with E-state index in [0.717, 1.165) is 6.61 Å². The molecule has 0 heterocycles. The van der Waals surface area contributed by atoms with Crippen molar-refractivity contribution < 1.29 is 27.2 Å². The van der Waals surface area contributed by atoms with Gasteiger partial charge in [0, 0.05) is 6.61 Å². The molecule has 0 aliphatic rings. The van der Waals surface area contributed by atoms with E-state index in [2.05, 4.69) is 13.8 Å². The zero-order valence-electron chi connectivity index (χ0n) is 18.9. The van der Waals surface area contributed by atoms with Crippen molar-refractivity contribution in [1.82, 2.24) is 0 Å². The predicted octanol–water partition coefficient (Wildman–Crippen LogP) is 5.26. The van der Waals surface area contributed by atoms with Crippen LogP contribution in [0.5, 0.6) is 0 Å². The van der Waals surface area contributed by atoms with Crippen LogP contribution in [0.3, 0.4) is 0 Å². The second kappa shape index (κ2) is 21.0. The van der Waals surface area contributed by atoms with Crippen molar-refractivity contribution in [1.29, 1.82) is 0 Å². The molecule has 0 spiro atoms. The Morgan fingerprint density at radius 3 is 1.66 bits per heavy atom. The first-order chi connectivity index (χ1) is 14.0. The van der Waals surface area contributed by atoms with Gasteiger partial charge in [0.25, 0.3) is 10.1 Å². The Kier molecular flexibility index (Phi) is 20.9. The maximum absolute atomic E-state index is 10.5. The van der Waals surface area contributed by atoms with Gasteiger partial charge in [-0.1, -0.05) is 78.1 Å². The first-order valence-electron chi connectivity index (χ1n) is 11.7. The fourth-order valence-corrected chi connectivity index (χ4v) is 3.57. The van der Waals surface area contributed by atoms with E-state index in [1.54, 1.807) is 0 Å². The summed E-state index contributed by atoms with van der Waals surface area (Å²) in [5, 5.41) is 0. The highest BCUT2D eigenvalue weighted by molar-refractivity contribution is 7.85. The van der Waals surface area contributed by atoms with E-state index >= 15 is 0 Å². The molecule has 0 aromatic heterocycles. The summed E-state index contributed by atoms with van der Waals surface area (Å²) in [6, 6.07) is 0. The Balaban J connectivity index is 3.71. The Hall–Kier alpha value is -0.210. The molecule has 0 aliphatic carbocycles. The van der Waals surface area contributed by atoms with E-state index in [1.165, 1.54) is 77.0 Å². The molecule has 29 heavy (non-hydrogen) atoms. The lowest BCUT2D eigenvalue weighted by Crippen LogP contribution is -2.16. The Morgan fingerprint density at radius 1 is 0.655 bits per heavy atom. The van der Waals surface area contributed by atoms with Gasteiger partial charge in [-0.25, -0.2) is 0 Å². The van der Waals surface area contributed by atoms with Crippen LogP contribution in [0.25, 0.3) is 0 Å². The maximum atomic E-state index is 10.5. The molecule has 0 aliphatic heterocycles. The first-order valence-corrected chi connectivity index (χ1v) is 13.3. The van der Waals surface area contributed by atoms with Crippen LogP contribution in [0.15, 0.2) is 0 Å². The maximum Gasteiger partial charge on any atom is 0.267 e. The lowest BCUT2D eigenvalue weighted by atomic mass is 9.95. The zero-order chi connectivity index (χ0) is 21.6. The Morgan fingerprint density at radius 2 is 1.10 bits per heavy atom. The van der Waals surface area contributed by atoms with Crippen molar-refractivity contribution >= 4 is 10.1 Å². The third-order valence-corrected chi connectivity index (χ3v) is 5.70. The van der Waals surface area contributed by atoms with Crippen LogP contribution in [0.1, 0.15) is 90.9 Å². The summed E-state index contributed by atoms with van der Waals surface area (Å²) in [7, 11) is -3.95. The molecular weight excluding hydrogens is 392 g/mol. The van der Waals surface area contributed by atoms with Gasteiger partial charge in [0.05, 0.1) is 38.8 Å². The molecule has 0 bridgehead atoms. The third kappa shape index (κ3) is 23.9. The molecule has 0 aromatic rings. The minimum atomic E-state index is -3.95. The van der Waals surface area contributed by atoms with E-state index in [4.69, 9.17) is 18.8 Å². The number of hydrogen-bond acceptors (Lipinski definition) is 5. The highest BCUT2D eigenvalue weighted by Crippen LogP contribution is 2.19. The summed E-state index contributed by atoms with van der Waals surface area (Å²) in [6.07, 6.45) is 15.8. The molecule has 1 N–H and O–H groups in total. The van der Waals surface area contributed by atoms with Crippen LogP contribution >= 0.6 is 0 Å². The van der Waals surface area contributed by atoms with E-state index < -0.39 is 10.1 Å². The van der Waals surface area contributed by atoms with Crippen LogP contribution < -0.4 is 0 Å². The van der Waals surface area contributed by atoms with Crippen molar-refractivity contribution in [3.63, 3.8) is 0 Å². The second-order valence-corrected chi connectivity index (χ2v) is 9.43. The van der Waals surface area contributed by atoms with E-state index in [-0.39, 0.29) is 12.4 Å². The van der Waals surface area contributed by atoms with Crippen LogP contribution in [0, 0.1) is 5.92 Å². The van der Waals surface area contributed by atoms with Gasteiger partial charge in [0.15, 0.2) is 0 Å². The summed E-state index contributed by atoms with van der Waals surface area (Å²) in [5.74, 6) is 0.274. The van der Waals surface area contributed by atoms with Crippen molar-refractivity contribution in [3.05, 3.63) is 0 Å². The molecule has 1 unspecified atom stereocenters. The third-order valence-electron chi connectivity index (χ3n) is 5.02. The molecule has 0 fully saturated rings. The van der Waals surface area contributed by atoms with E-state index in [9.17, 15) is 8.42 Å². The van der Waals surface area contributed by atoms with Crippen LogP contribution in [0.2, 0.25) is 0 Å². The second-order valence-electron chi connectivity index (χ2n) is 7.86. The summed E-state index contributed by atoms with van der Waals surface area (Å²) in [5.41, 5.74) is 0. The van der Waals surface area contributed by atoms with Crippen molar-refractivity contribution in [2.24, 2.45) is 5.92 Å². The van der Waals surface area contributed by atoms with Gasteiger partial charge in [-0.2, -0.15) is 8.42 Å². The average Bonchev–Trinajstić information content (AvgIpc) is 2.67. The molecule has 0 aromatic carbocycles. The quantitative estimate of drug-likeness (QED) is 0.173. The molecule has 0 radical (unpaired) electrons. The Bertz CT molecular complexity index is 427. The van der Waals surface area contributed by atoms with Crippen molar-refractivity contribution in [2.75, 3.05) is 45.4 Å². The topological polar surface area (TPSA) is 82.1 Å². The van der Waals surface area contributed by atoms with Crippen LogP contribution in [0.4, 0.5) is 0 Å². The van der Waals surface area contributed by atoms with Crippen LogP contribution in [-0.4, -0.2) is 58.4 Å². The van der Waals surface area contributed by atoms with Crippen molar-refractivity contribution in [2.45, 2.75) is 90.9 Å². The molecule has 176 valence electrons. The molecule has 0 saturated carbocycles. The minimum absolute atomic E-state index is 0.0170. The van der Waals surface area contributed by atoms with Crippen LogP contribution in [-0.2, 0) is 24.3 Å². The van der Waals surface area contributed by atoms with E-state index in [0.29, 0.717) is 32.3 Å². The molecule has 7 heteroatoms. The van der Waals surface area contributed by atoms with Gasteiger partial charge >= 0.3 is 0 Å². The lowest BCUT2D eigenvalue weighted by molar-refractivity contribution is 0.00761. The molecule has 0 saturated heterocycles. The normalized spacial score (nSPS) is 13.1. The van der Waals surface area contributed by atoms with Gasteiger partial charge in [-0.15, -0.1) is 0 Å². The molecular formula is C22H46O6S. The van der Waals surface area contributed by atoms with Gasteiger partial charge in [0.2, 0.25) is 0 Å². The summed E-state index contributed by atoms with van der Waals surface area (Å²) in [6.45, 7) is 7.10. The fourth-order valence-electron chi connectivity index (χ4n) is 3.24. The highest BCUT2D eigenvalue weighted by Gasteiger charge is 2.09. The zero-order valence-corrected chi connectivity index (χ0v) is 19.7. The van der Waals surface area contributed by atoms with Gasteiger partial charge in [0.1, 0.15) is 0 Å². The van der Waals surface area contributed by atoms with E-state index in [1.807, 2.05) is 0 Å². The highest BCUT2D eigenvalue weighted by atomic mass is 32.2. The summed E-state index contributed by atoms with van der Waals surface area (Å²) < 4.78 is 46.0. The minimum Gasteiger partial charge on any atom is -0.379 e. The SMILES string of the molecule is CCCCCCCCC(CCCCCC)COCCOCCOCCS(=O)(=O)O. The summed E-state index contributed by atoms with van der Waals surface area (Å²) >= 11 is 0. The average molecular weight is 439 g/mol. The number of rotatable bonds is 23.